The highest BCUT2D eigenvalue weighted by molar-refractivity contribution is 5.97. The van der Waals surface area contributed by atoms with Gasteiger partial charge in [-0.25, -0.2) is 14.5 Å². The highest BCUT2D eigenvalue weighted by atomic mass is 16.6. The smallest absolute Gasteiger partial charge is 0.339 e. The second-order valence-corrected chi connectivity index (χ2v) is 8.30. The minimum atomic E-state index is -0.537. The Morgan fingerprint density at radius 2 is 1.80 bits per heavy atom. The summed E-state index contributed by atoms with van der Waals surface area (Å²) < 4.78 is 7.50. The normalized spacial score (nSPS) is 11.5. The van der Waals surface area contributed by atoms with E-state index in [4.69, 9.17) is 10.5 Å². The zero-order chi connectivity index (χ0) is 21.7. The first-order chi connectivity index (χ1) is 14.3. The van der Waals surface area contributed by atoms with Gasteiger partial charge in [0.05, 0.1) is 18.7 Å². The van der Waals surface area contributed by atoms with E-state index in [0.29, 0.717) is 24.5 Å². The maximum atomic E-state index is 12.6. The molecule has 30 heavy (non-hydrogen) atoms. The van der Waals surface area contributed by atoms with E-state index in [9.17, 15) is 4.79 Å². The molecule has 1 aromatic heterocycles. The minimum Gasteiger partial charge on any atom is -0.456 e. The minimum absolute atomic E-state index is 0.316. The monoisotopic (exact) mass is 406 g/mol. The van der Waals surface area contributed by atoms with E-state index < -0.39 is 5.60 Å². The van der Waals surface area contributed by atoms with Gasteiger partial charge in [0.15, 0.2) is 5.82 Å². The number of rotatable bonds is 7. The first kappa shape index (κ1) is 21.7. The van der Waals surface area contributed by atoms with Crippen LogP contribution in [0.5, 0.6) is 0 Å². The predicted molar refractivity (Wildman–Crippen MR) is 118 cm³/mol. The first-order valence-corrected chi connectivity index (χ1v) is 10.3. The molecule has 2 aromatic carbocycles. The number of hydrogen-bond acceptors (Lipinski definition) is 5. The van der Waals surface area contributed by atoms with Crippen molar-refractivity contribution in [2.45, 2.75) is 59.2 Å². The van der Waals surface area contributed by atoms with Gasteiger partial charge in [-0.3, -0.25) is 0 Å². The molecule has 0 amide bonds. The largest absolute Gasteiger partial charge is 0.456 e. The van der Waals surface area contributed by atoms with E-state index in [1.54, 1.807) is 6.07 Å². The summed E-state index contributed by atoms with van der Waals surface area (Å²) >= 11 is 0. The number of nitrogens with zero attached hydrogens (tertiary/aromatic N) is 3. The number of benzene rings is 2. The second kappa shape index (κ2) is 9.22. The molecule has 0 radical (unpaired) electrons. The SMILES string of the molecule is CCCc1nc(CN)nn1Cc1ccc(-c2ccccc2C(=O)OC(C)(C)C)cc1. The first-order valence-electron chi connectivity index (χ1n) is 10.3. The molecule has 3 rings (SSSR count). The Kier molecular flexibility index (Phi) is 6.67. The van der Waals surface area contributed by atoms with E-state index >= 15 is 0 Å². The zero-order valence-electron chi connectivity index (χ0n) is 18.2. The molecule has 0 unspecified atom stereocenters. The van der Waals surface area contributed by atoms with Crippen LogP contribution in [0.2, 0.25) is 0 Å². The summed E-state index contributed by atoms with van der Waals surface area (Å²) in [4.78, 5) is 17.2. The highest BCUT2D eigenvalue weighted by Gasteiger charge is 2.20. The van der Waals surface area contributed by atoms with Crippen LogP contribution in [0.4, 0.5) is 0 Å². The Morgan fingerprint density at radius 3 is 2.43 bits per heavy atom. The maximum Gasteiger partial charge on any atom is 0.339 e. The molecule has 0 spiro atoms. The summed E-state index contributed by atoms with van der Waals surface area (Å²) in [6, 6.07) is 15.7. The van der Waals surface area contributed by atoms with Gasteiger partial charge in [-0.2, -0.15) is 5.10 Å². The quantitative estimate of drug-likeness (QED) is 0.590. The molecule has 0 aliphatic carbocycles. The molecule has 0 aliphatic heterocycles. The Morgan fingerprint density at radius 1 is 1.10 bits per heavy atom. The Labute approximate surface area is 178 Å². The molecule has 6 nitrogen and oxygen atoms in total. The summed E-state index contributed by atoms with van der Waals surface area (Å²) in [7, 11) is 0. The molecule has 158 valence electrons. The number of carbonyl (C=O) groups excluding carboxylic acids is 1. The van der Waals surface area contributed by atoms with Crippen LogP contribution < -0.4 is 5.73 Å². The number of aryl methyl sites for hydroxylation is 1. The van der Waals surface area contributed by atoms with Crippen LogP contribution in [0.15, 0.2) is 48.5 Å². The predicted octanol–water partition coefficient (Wildman–Crippen LogP) is 4.36. The van der Waals surface area contributed by atoms with Crippen molar-refractivity contribution in [3.8, 4) is 11.1 Å². The van der Waals surface area contributed by atoms with Crippen LogP contribution >= 0.6 is 0 Å². The van der Waals surface area contributed by atoms with Crippen molar-refractivity contribution in [2.24, 2.45) is 5.73 Å². The second-order valence-electron chi connectivity index (χ2n) is 8.30. The van der Waals surface area contributed by atoms with Gasteiger partial charge >= 0.3 is 5.97 Å². The third kappa shape index (κ3) is 5.33. The van der Waals surface area contributed by atoms with Gasteiger partial charge in [-0.1, -0.05) is 49.4 Å². The molecule has 3 aromatic rings. The van der Waals surface area contributed by atoms with E-state index in [0.717, 1.165) is 35.4 Å². The lowest BCUT2D eigenvalue weighted by atomic mass is 9.98. The maximum absolute atomic E-state index is 12.6. The van der Waals surface area contributed by atoms with E-state index in [2.05, 4.69) is 29.1 Å². The van der Waals surface area contributed by atoms with Gasteiger partial charge in [0.2, 0.25) is 0 Å². The number of hydrogen-bond donors (Lipinski definition) is 1. The molecule has 0 saturated heterocycles. The Bertz CT molecular complexity index is 1000. The van der Waals surface area contributed by atoms with E-state index in [-0.39, 0.29) is 5.97 Å². The van der Waals surface area contributed by atoms with Crippen LogP contribution in [0.3, 0.4) is 0 Å². The fourth-order valence-electron chi connectivity index (χ4n) is 3.26. The van der Waals surface area contributed by atoms with E-state index in [1.165, 1.54) is 0 Å². The number of aromatic nitrogens is 3. The fraction of sp³-hybridized carbons (Fsp3) is 0.375. The molecule has 2 N–H and O–H groups in total. The number of esters is 1. The average Bonchev–Trinajstić information content (AvgIpc) is 3.09. The molecule has 0 aliphatic rings. The van der Waals surface area contributed by atoms with Crippen molar-refractivity contribution >= 4 is 5.97 Å². The lowest BCUT2D eigenvalue weighted by Gasteiger charge is -2.20. The molecule has 0 saturated carbocycles. The van der Waals surface area contributed by atoms with Crippen molar-refractivity contribution in [3.05, 3.63) is 71.3 Å². The summed E-state index contributed by atoms with van der Waals surface area (Å²) in [6.07, 6.45) is 1.87. The summed E-state index contributed by atoms with van der Waals surface area (Å²) in [6.45, 7) is 8.71. The molecular formula is C24H30N4O2. The van der Waals surface area contributed by atoms with Crippen molar-refractivity contribution in [3.63, 3.8) is 0 Å². The van der Waals surface area contributed by atoms with Crippen LogP contribution in [0, 0.1) is 0 Å². The lowest BCUT2D eigenvalue weighted by molar-refractivity contribution is 0.00704. The van der Waals surface area contributed by atoms with Gasteiger partial charge in [0.25, 0.3) is 0 Å². The number of nitrogens with two attached hydrogens (primary N) is 1. The van der Waals surface area contributed by atoms with Crippen molar-refractivity contribution < 1.29 is 9.53 Å². The van der Waals surface area contributed by atoms with Gasteiger partial charge in [0, 0.05) is 6.42 Å². The van der Waals surface area contributed by atoms with Gasteiger partial charge < -0.3 is 10.5 Å². The topological polar surface area (TPSA) is 83.0 Å². The van der Waals surface area contributed by atoms with Crippen molar-refractivity contribution in [2.75, 3.05) is 0 Å². The Hall–Kier alpha value is -2.99. The fourth-order valence-corrected chi connectivity index (χ4v) is 3.26. The molecule has 6 heteroatoms. The van der Waals surface area contributed by atoms with E-state index in [1.807, 2.05) is 55.8 Å². The molecule has 1 heterocycles. The molecule has 0 atom stereocenters. The summed E-state index contributed by atoms with van der Waals surface area (Å²) in [5.41, 5.74) is 8.67. The van der Waals surface area contributed by atoms with Gasteiger partial charge in [0.1, 0.15) is 11.4 Å². The molecule has 0 bridgehead atoms. The van der Waals surface area contributed by atoms with Crippen LogP contribution in [0.25, 0.3) is 11.1 Å². The average molecular weight is 407 g/mol. The molecule has 0 fully saturated rings. The van der Waals surface area contributed by atoms with Crippen LogP contribution in [-0.4, -0.2) is 26.3 Å². The molecular weight excluding hydrogens is 376 g/mol. The van der Waals surface area contributed by atoms with Crippen LogP contribution in [0.1, 0.15) is 61.7 Å². The van der Waals surface area contributed by atoms with Crippen molar-refractivity contribution in [1.29, 1.82) is 0 Å². The zero-order valence-corrected chi connectivity index (χ0v) is 18.2. The highest BCUT2D eigenvalue weighted by Crippen LogP contribution is 2.26. The number of carbonyl (C=O) groups is 1. The third-order valence-electron chi connectivity index (χ3n) is 4.59. The Balaban J connectivity index is 1.84. The summed E-state index contributed by atoms with van der Waals surface area (Å²) in [5.74, 6) is 1.31. The lowest BCUT2D eigenvalue weighted by Crippen LogP contribution is -2.24. The standard InChI is InChI=1S/C24H30N4O2/c1-5-8-22-26-21(15-25)27-28(22)16-17-11-13-18(14-12-17)19-9-6-7-10-20(19)23(29)30-24(2,3)4/h6-7,9-14H,5,8,15-16,25H2,1-4H3. The summed E-state index contributed by atoms with van der Waals surface area (Å²) in [5, 5.41) is 4.51. The van der Waals surface area contributed by atoms with Gasteiger partial charge in [-0.05, 0) is 49.9 Å². The van der Waals surface area contributed by atoms with Gasteiger partial charge in [-0.15, -0.1) is 0 Å². The van der Waals surface area contributed by atoms with Crippen molar-refractivity contribution in [1.82, 2.24) is 14.8 Å². The number of ether oxygens (including phenoxy) is 1. The third-order valence-corrected chi connectivity index (χ3v) is 4.59. The van der Waals surface area contributed by atoms with Crippen LogP contribution in [-0.2, 0) is 24.2 Å².